The molecule has 0 saturated heterocycles. The van der Waals surface area contributed by atoms with E-state index < -0.39 is 18.0 Å². The van der Waals surface area contributed by atoms with Crippen LogP contribution < -0.4 is 4.74 Å². The summed E-state index contributed by atoms with van der Waals surface area (Å²) in [6.07, 6.45) is -0.462. The molecule has 0 fully saturated rings. The van der Waals surface area contributed by atoms with Gasteiger partial charge in [0.15, 0.2) is 0 Å². The van der Waals surface area contributed by atoms with Crippen LogP contribution in [0, 0.1) is 0 Å². The van der Waals surface area contributed by atoms with Crippen molar-refractivity contribution >= 4 is 27.8 Å². The molecule has 1 atom stereocenters. The van der Waals surface area contributed by atoms with Crippen LogP contribution in [0.5, 0.6) is 5.75 Å². The average molecular weight is 377 g/mol. The molecule has 0 radical (unpaired) electrons. The van der Waals surface area contributed by atoms with E-state index in [1.807, 2.05) is 24.3 Å². The number of carboxylic acids is 1. The summed E-state index contributed by atoms with van der Waals surface area (Å²) < 4.78 is 11.6. The molecule has 0 bridgehead atoms. The number of ether oxygens (including phenoxy) is 2. The Morgan fingerprint density at radius 3 is 2.43 bits per heavy atom. The summed E-state index contributed by atoms with van der Waals surface area (Å²) in [5, 5.41) is 9.10. The fraction of sp³-hybridized carbons (Fsp3) is 0.118. The Labute approximate surface area is 141 Å². The van der Waals surface area contributed by atoms with E-state index in [1.165, 1.54) is 12.1 Å². The fourth-order valence-electron chi connectivity index (χ4n) is 1.86. The van der Waals surface area contributed by atoms with Gasteiger partial charge in [-0.1, -0.05) is 40.2 Å². The van der Waals surface area contributed by atoms with E-state index in [4.69, 9.17) is 14.6 Å². The average Bonchev–Trinajstić information content (AvgIpc) is 2.55. The second-order valence-corrected chi connectivity index (χ2v) is 5.52. The van der Waals surface area contributed by atoms with Gasteiger partial charge in [0.1, 0.15) is 17.4 Å². The number of halogens is 1. The van der Waals surface area contributed by atoms with E-state index in [0.717, 1.165) is 10.0 Å². The number of carbonyl (C=O) groups is 1. The van der Waals surface area contributed by atoms with Gasteiger partial charge in [-0.15, -0.1) is 0 Å². The molecule has 2 aromatic rings. The maximum atomic E-state index is 11.1. The van der Waals surface area contributed by atoms with Gasteiger partial charge in [0, 0.05) is 4.47 Å². The van der Waals surface area contributed by atoms with Gasteiger partial charge in [-0.3, -0.25) is 0 Å². The summed E-state index contributed by atoms with van der Waals surface area (Å²) in [7, 11) is 0. The highest BCUT2D eigenvalue weighted by Crippen LogP contribution is 2.25. The van der Waals surface area contributed by atoms with Gasteiger partial charge in [0.2, 0.25) is 5.94 Å². The van der Waals surface area contributed by atoms with Gasteiger partial charge in [-0.25, -0.2) is 9.59 Å². The van der Waals surface area contributed by atoms with Crippen LogP contribution in [-0.2, 0) is 9.53 Å². The summed E-state index contributed by atoms with van der Waals surface area (Å²) >= 11 is 3.34. The summed E-state index contributed by atoms with van der Waals surface area (Å²) in [6.45, 7) is 1.74. The molecule has 6 heteroatoms. The molecule has 0 aromatic heterocycles. The summed E-state index contributed by atoms with van der Waals surface area (Å²) in [6, 6.07) is 13.3. The van der Waals surface area contributed by atoms with Crippen LogP contribution in [0.4, 0.5) is 0 Å². The molecule has 0 heterocycles. The number of para-hydroxylation sites is 1. The Bertz CT molecular complexity index is 748. The molecule has 0 amide bonds. The molecule has 2 rings (SSSR count). The van der Waals surface area contributed by atoms with Crippen molar-refractivity contribution in [2.24, 2.45) is 0 Å². The second kappa shape index (κ2) is 7.63. The molecule has 5 nitrogen and oxygen atoms in total. The standard InChI is InChI=1S/C17H13BrO5/c1-11(12-6-8-13(18)9-7-12)22-16(10-19)23-15-5-3-2-4-14(15)17(20)21/h2-9,11H,1H3,(H,20,21)/t11-/m1/s1. The third kappa shape index (κ3) is 4.45. The Hall–Kier alpha value is -2.56. The second-order valence-electron chi connectivity index (χ2n) is 4.60. The highest BCUT2D eigenvalue weighted by molar-refractivity contribution is 9.10. The van der Waals surface area contributed by atoms with Crippen LogP contribution >= 0.6 is 15.9 Å². The largest absolute Gasteiger partial charge is 0.478 e. The lowest BCUT2D eigenvalue weighted by atomic mass is 10.1. The molecule has 2 aromatic carbocycles. The molecule has 0 saturated carbocycles. The van der Waals surface area contributed by atoms with E-state index in [0.29, 0.717) is 0 Å². The van der Waals surface area contributed by atoms with Crippen molar-refractivity contribution < 1.29 is 24.2 Å². The molecular formula is C17H13BrO5. The van der Waals surface area contributed by atoms with Crippen molar-refractivity contribution in [3.8, 4) is 5.75 Å². The fourth-order valence-corrected chi connectivity index (χ4v) is 2.13. The smallest absolute Gasteiger partial charge is 0.376 e. The minimum Gasteiger partial charge on any atom is -0.478 e. The Morgan fingerprint density at radius 2 is 1.83 bits per heavy atom. The van der Waals surface area contributed by atoms with Crippen molar-refractivity contribution in [1.82, 2.24) is 0 Å². The molecule has 0 spiro atoms. The monoisotopic (exact) mass is 376 g/mol. The quantitative estimate of drug-likeness (QED) is 0.609. The van der Waals surface area contributed by atoms with Gasteiger partial charge in [-0.2, -0.15) is 0 Å². The van der Waals surface area contributed by atoms with Crippen LogP contribution in [-0.4, -0.2) is 17.0 Å². The Balaban J connectivity index is 2.14. The van der Waals surface area contributed by atoms with Gasteiger partial charge in [0.05, 0.1) is 0 Å². The zero-order valence-electron chi connectivity index (χ0n) is 12.2. The maximum Gasteiger partial charge on any atom is 0.376 e. The van der Waals surface area contributed by atoms with Crippen LogP contribution in [0.3, 0.4) is 0 Å². The van der Waals surface area contributed by atoms with Crippen LogP contribution in [0.25, 0.3) is 0 Å². The van der Waals surface area contributed by atoms with Crippen molar-refractivity contribution in [1.29, 1.82) is 0 Å². The third-order valence-corrected chi connectivity index (χ3v) is 3.56. The molecular weight excluding hydrogens is 364 g/mol. The molecule has 1 N–H and O–H groups in total. The first-order valence-electron chi connectivity index (χ1n) is 6.68. The lowest BCUT2D eigenvalue weighted by molar-refractivity contribution is 0.0547. The van der Waals surface area contributed by atoms with Crippen molar-refractivity contribution in [3.05, 3.63) is 70.1 Å². The minimum absolute atomic E-state index is 0.0151. The topological polar surface area (TPSA) is 72.8 Å². The lowest BCUT2D eigenvalue weighted by Gasteiger charge is -2.16. The molecule has 0 aliphatic carbocycles. The maximum absolute atomic E-state index is 11.1. The molecule has 118 valence electrons. The van der Waals surface area contributed by atoms with Crippen LogP contribution in [0.1, 0.15) is 28.9 Å². The first-order valence-corrected chi connectivity index (χ1v) is 7.48. The van der Waals surface area contributed by atoms with Gasteiger partial charge in [0.25, 0.3) is 0 Å². The SMILES string of the molecule is C[C@@H](OC(=C=O)Oc1ccccc1C(=O)O)c1ccc(Br)cc1. The van der Waals surface area contributed by atoms with Crippen LogP contribution in [0.15, 0.2) is 58.9 Å². The Morgan fingerprint density at radius 1 is 1.17 bits per heavy atom. The van der Waals surface area contributed by atoms with Gasteiger partial charge < -0.3 is 14.6 Å². The van der Waals surface area contributed by atoms with Crippen molar-refractivity contribution in [2.75, 3.05) is 0 Å². The number of hydrogen-bond donors (Lipinski definition) is 1. The molecule has 0 aliphatic heterocycles. The molecule has 0 aliphatic rings. The number of carboxylic acid groups (broad SMARTS) is 1. The molecule has 23 heavy (non-hydrogen) atoms. The third-order valence-electron chi connectivity index (χ3n) is 3.03. The zero-order valence-corrected chi connectivity index (χ0v) is 13.7. The number of aromatic carboxylic acids is 1. The van der Waals surface area contributed by atoms with E-state index >= 15 is 0 Å². The van der Waals surface area contributed by atoms with E-state index in [2.05, 4.69) is 15.9 Å². The first-order chi connectivity index (χ1) is 11.0. The van der Waals surface area contributed by atoms with Crippen molar-refractivity contribution in [2.45, 2.75) is 13.0 Å². The lowest BCUT2D eigenvalue weighted by Crippen LogP contribution is -2.08. The summed E-state index contributed by atoms with van der Waals surface area (Å²) in [4.78, 5) is 22.2. The Kier molecular flexibility index (Phi) is 5.57. The highest BCUT2D eigenvalue weighted by atomic mass is 79.9. The summed E-state index contributed by atoms with van der Waals surface area (Å²) in [5.74, 6) is -0.0186. The normalized spacial score (nSPS) is 11.2. The predicted molar refractivity (Wildman–Crippen MR) is 86.9 cm³/mol. The minimum atomic E-state index is -1.16. The van der Waals surface area contributed by atoms with E-state index in [1.54, 1.807) is 25.0 Å². The van der Waals surface area contributed by atoms with Crippen molar-refractivity contribution in [3.63, 3.8) is 0 Å². The first kappa shape index (κ1) is 16.8. The highest BCUT2D eigenvalue weighted by Gasteiger charge is 2.16. The molecule has 0 unspecified atom stereocenters. The number of carbonyl (C=O) groups excluding carboxylic acids is 1. The van der Waals surface area contributed by atoms with E-state index in [9.17, 15) is 9.59 Å². The number of benzene rings is 2. The summed E-state index contributed by atoms with van der Waals surface area (Å²) in [5.41, 5.74) is 0.760. The number of hydrogen-bond acceptors (Lipinski definition) is 4. The van der Waals surface area contributed by atoms with Gasteiger partial charge in [-0.05, 0) is 36.8 Å². The number of rotatable bonds is 6. The van der Waals surface area contributed by atoms with Crippen LogP contribution in [0.2, 0.25) is 0 Å². The van der Waals surface area contributed by atoms with E-state index in [-0.39, 0.29) is 11.3 Å². The zero-order chi connectivity index (χ0) is 16.8. The predicted octanol–water partition coefficient (Wildman–Crippen LogP) is 3.98. The van der Waals surface area contributed by atoms with Gasteiger partial charge >= 0.3 is 11.9 Å².